The van der Waals surface area contributed by atoms with E-state index in [4.69, 9.17) is 9.47 Å². The van der Waals surface area contributed by atoms with Crippen molar-refractivity contribution in [2.24, 2.45) is 0 Å². The van der Waals surface area contributed by atoms with Crippen molar-refractivity contribution in [1.82, 2.24) is 4.98 Å². The summed E-state index contributed by atoms with van der Waals surface area (Å²) >= 11 is 0. The lowest BCUT2D eigenvalue weighted by Crippen LogP contribution is -2.09. The predicted molar refractivity (Wildman–Crippen MR) is 80.6 cm³/mol. The van der Waals surface area contributed by atoms with Gasteiger partial charge in [-0.2, -0.15) is 0 Å². The molecular formula is C16H20N2O2. The molecule has 1 aromatic carbocycles. The fourth-order valence-corrected chi connectivity index (χ4v) is 2.13. The van der Waals surface area contributed by atoms with Crippen molar-refractivity contribution in [1.29, 1.82) is 0 Å². The van der Waals surface area contributed by atoms with Crippen LogP contribution in [0.15, 0.2) is 36.5 Å². The van der Waals surface area contributed by atoms with Gasteiger partial charge < -0.3 is 14.8 Å². The van der Waals surface area contributed by atoms with Crippen molar-refractivity contribution in [2.75, 3.05) is 19.5 Å². The first-order valence-electron chi connectivity index (χ1n) is 6.55. The Labute approximate surface area is 119 Å². The third kappa shape index (κ3) is 3.02. The minimum absolute atomic E-state index is 0.0861. The molecule has 0 bridgehead atoms. The van der Waals surface area contributed by atoms with Crippen LogP contribution < -0.4 is 14.8 Å². The minimum atomic E-state index is 0.0861. The van der Waals surface area contributed by atoms with Crippen molar-refractivity contribution >= 4 is 5.69 Å². The molecule has 0 radical (unpaired) electrons. The lowest BCUT2D eigenvalue weighted by molar-refractivity contribution is 0.397. The molecule has 0 fully saturated rings. The maximum absolute atomic E-state index is 5.42. The molecule has 1 heterocycles. The van der Waals surface area contributed by atoms with Crippen LogP contribution in [-0.4, -0.2) is 19.2 Å². The Morgan fingerprint density at radius 2 is 1.95 bits per heavy atom. The molecule has 0 spiro atoms. The Kier molecular flexibility index (Phi) is 4.45. The highest BCUT2D eigenvalue weighted by atomic mass is 16.5. The van der Waals surface area contributed by atoms with Gasteiger partial charge in [-0.3, -0.25) is 4.98 Å². The van der Waals surface area contributed by atoms with Crippen LogP contribution in [0, 0.1) is 6.92 Å². The van der Waals surface area contributed by atoms with E-state index in [1.54, 1.807) is 20.4 Å². The number of nitrogens with one attached hydrogen (secondary N) is 1. The van der Waals surface area contributed by atoms with Gasteiger partial charge in [0.2, 0.25) is 0 Å². The molecule has 2 rings (SSSR count). The SMILES string of the molecule is COc1ccc(OC)c(C(C)Nc2cccnc2C)c1. The van der Waals surface area contributed by atoms with Crippen molar-refractivity contribution in [2.45, 2.75) is 19.9 Å². The fourth-order valence-electron chi connectivity index (χ4n) is 2.13. The molecular weight excluding hydrogens is 252 g/mol. The van der Waals surface area contributed by atoms with Crippen LogP contribution in [0.1, 0.15) is 24.2 Å². The second-order valence-electron chi connectivity index (χ2n) is 4.61. The Hall–Kier alpha value is -2.23. The van der Waals surface area contributed by atoms with Crippen LogP contribution in [0.25, 0.3) is 0 Å². The number of aromatic nitrogens is 1. The number of anilines is 1. The predicted octanol–water partition coefficient (Wildman–Crippen LogP) is 3.58. The normalized spacial score (nSPS) is 11.8. The van der Waals surface area contributed by atoms with E-state index in [2.05, 4.69) is 17.2 Å². The average molecular weight is 272 g/mol. The van der Waals surface area contributed by atoms with Crippen molar-refractivity contribution in [3.8, 4) is 11.5 Å². The van der Waals surface area contributed by atoms with Gasteiger partial charge in [0.15, 0.2) is 0 Å². The monoisotopic (exact) mass is 272 g/mol. The first-order valence-corrected chi connectivity index (χ1v) is 6.55. The first kappa shape index (κ1) is 14.2. The summed E-state index contributed by atoms with van der Waals surface area (Å²) in [4.78, 5) is 4.28. The van der Waals surface area contributed by atoms with E-state index in [1.807, 2.05) is 37.3 Å². The molecule has 2 aromatic rings. The zero-order valence-electron chi connectivity index (χ0n) is 12.3. The van der Waals surface area contributed by atoms with E-state index in [9.17, 15) is 0 Å². The van der Waals surface area contributed by atoms with Crippen LogP contribution in [-0.2, 0) is 0 Å². The highest BCUT2D eigenvalue weighted by molar-refractivity contribution is 5.51. The van der Waals surface area contributed by atoms with Crippen LogP contribution >= 0.6 is 0 Å². The zero-order chi connectivity index (χ0) is 14.5. The molecule has 0 saturated heterocycles. The van der Waals surface area contributed by atoms with Gasteiger partial charge in [-0.25, -0.2) is 0 Å². The quantitative estimate of drug-likeness (QED) is 0.903. The molecule has 0 aliphatic heterocycles. The lowest BCUT2D eigenvalue weighted by atomic mass is 10.1. The summed E-state index contributed by atoms with van der Waals surface area (Å²) in [7, 11) is 3.34. The molecule has 20 heavy (non-hydrogen) atoms. The average Bonchev–Trinajstić information content (AvgIpc) is 2.48. The Morgan fingerprint density at radius 3 is 2.60 bits per heavy atom. The molecule has 0 aliphatic carbocycles. The first-order chi connectivity index (χ1) is 9.65. The summed E-state index contributed by atoms with van der Waals surface area (Å²) in [6, 6.07) is 9.83. The van der Waals surface area contributed by atoms with E-state index >= 15 is 0 Å². The number of benzene rings is 1. The molecule has 4 heteroatoms. The number of pyridine rings is 1. The Balaban J connectivity index is 2.28. The highest BCUT2D eigenvalue weighted by Gasteiger charge is 2.13. The maximum Gasteiger partial charge on any atom is 0.124 e. The molecule has 1 N–H and O–H groups in total. The molecule has 0 amide bonds. The topological polar surface area (TPSA) is 43.4 Å². The van der Waals surface area contributed by atoms with Crippen LogP contribution in [0.4, 0.5) is 5.69 Å². The summed E-state index contributed by atoms with van der Waals surface area (Å²) in [6.45, 7) is 4.07. The summed E-state index contributed by atoms with van der Waals surface area (Å²) < 4.78 is 10.7. The number of nitrogens with zero attached hydrogens (tertiary/aromatic N) is 1. The fraction of sp³-hybridized carbons (Fsp3) is 0.312. The number of aryl methyl sites for hydroxylation is 1. The molecule has 0 aliphatic rings. The number of rotatable bonds is 5. The summed E-state index contributed by atoms with van der Waals surface area (Å²) in [5.41, 5.74) is 3.04. The van der Waals surface area contributed by atoms with Gasteiger partial charge in [0.25, 0.3) is 0 Å². The number of hydrogen-bond acceptors (Lipinski definition) is 4. The summed E-state index contributed by atoms with van der Waals surface area (Å²) in [5, 5.41) is 3.45. The standard InChI is InChI=1S/C16H20N2O2/c1-11(18-15-6-5-9-17-12(15)2)14-10-13(19-3)7-8-16(14)20-4/h5-11,18H,1-4H3. The highest BCUT2D eigenvalue weighted by Crippen LogP contribution is 2.31. The third-order valence-corrected chi connectivity index (χ3v) is 3.28. The molecule has 1 atom stereocenters. The van der Waals surface area contributed by atoms with Crippen LogP contribution in [0.5, 0.6) is 11.5 Å². The molecule has 1 unspecified atom stereocenters. The van der Waals surface area contributed by atoms with E-state index in [0.29, 0.717) is 0 Å². The van der Waals surface area contributed by atoms with E-state index in [-0.39, 0.29) is 6.04 Å². The second-order valence-corrected chi connectivity index (χ2v) is 4.61. The number of hydrogen-bond donors (Lipinski definition) is 1. The van der Waals surface area contributed by atoms with Gasteiger partial charge >= 0.3 is 0 Å². The Bertz CT molecular complexity index is 584. The summed E-state index contributed by atoms with van der Waals surface area (Å²) in [5.74, 6) is 1.66. The molecule has 0 saturated carbocycles. The molecule has 1 aromatic heterocycles. The van der Waals surface area contributed by atoms with Gasteiger partial charge in [0, 0.05) is 11.8 Å². The zero-order valence-corrected chi connectivity index (χ0v) is 12.3. The number of ether oxygens (including phenoxy) is 2. The van der Waals surface area contributed by atoms with Gasteiger partial charge in [0.05, 0.1) is 31.6 Å². The molecule has 4 nitrogen and oxygen atoms in total. The van der Waals surface area contributed by atoms with E-state index in [1.165, 1.54) is 0 Å². The number of methoxy groups -OCH3 is 2. The van der Waals surface area contributed by atoms with Gasteiger partial charge in [-0.15, -0.1) is 0 Å². The third-order valence-electron chi connectivity index (χ3n) is 3.28. The smallest absolute Gasteiger partial charge is 0.124 e. The molecule has 106 valence electrons. The second kappa shape index (κ2) is 6.28. The van der Waals surface area contributed by atoms with Crippen LogP contribution in [0.3, 0.4) is 0 Å². The minimum Gasteiger partial charge on any atom is -0.497 e. The largest absolute Gasteiger partial charge is 0.497 e. The Morgan fingerprint density at radius 1 is 1.15 bits per heavy atom. The van der Waals surface area contributed by atoms with E-state index < -0.39 is 0 Å². The van der Waals surface area contributed by atoms with Gasteiger partial charge in [-0.05, 0) is 44.2 Å². The lowest BCUT2D eigenvalue weighted by Gasteiger charge is -2.20. The van der Waals surface area contributed by atoms with Gasteiger partial charge in [0.1, 0.15) is 11.5 Å². The van der Waals surface area contributed by atoms with Crippen molar-refractivity contribution in [3.63, 3.8) is 0 Å². The van der Waals surface area contributed by atoms with Crippen molar-refractivity contribution < 1.29 is 9.47 Å². The summed E-state index contributed by atoms with van der Waals surface area (Å²) in [6.07, 6.45) is 1.79. The maximum atomic E-state index is 5.42. The van der Waals surface area contributed by atoms with Crippen LogP contribution in [0.2, 0.25) is 0 Å². The van der Waals surface area contributed by atoms with Crippen molar-refractivity contribution in [3.05, 3.63) is 47.8 Å². The van der Waals surface area contributed by atoms with Gasteiger partial charge in [-0.1, -0.05) is 0 Å². The van der Waals surface area contributed by atoms with E-state index in [0.717, 1.165) is 28.4 Å².